The Hall–Kier alpha value is -2.79. The number of benzene rings is 2. The summed E-state index contributed by atoms with van der Waals surface area (Å²) in [6, 6.07) is 9.61. The normalized spacial score (nSPS) is 12.1. The highest BCUT2D eigenvalue weighted by Gasteiger charge is 2.21. The molecule has 3 aromatic rings. The molecule has 0 saturated carbocycles. The monoisotopic (exact) mass is 353 g/mol. The number of nitrogens with zero attached hydrogens (tertiary/aromatic N) is 1. The van der Waals surface area contributed by atoms with Crippen molar-refractivity contribution in [1.29, 1.82) is 0 Å². The summed E-state index contributed by atoms with van der Waals surface area (Å²) >= 11 is 0. The lowest BCUT2D eigenvalue weighted by Crippen LogP contribution is -2.05. The zero-order chi connectivity index (χ0) is 18.8. The van der Waals surface area contributed by atoms with Crippen LogP contribution in [0.2, 0.25) is 0 Å². The number of rotatable bonds is 5. The molecule has 26 heavy (non-hydrogen) atoms. The van der Waals surface area contributed by atoms with E-state index in [0.29, 0.717) is 28.5 Å². The van der Waals surface area contributed by atoms with Gasteiger partial charge in [-0.3, -0.25) is 4.98 Å². The molecule has 5 heteroatoms. The molecule has 3 rings (SSSR count). The summed E-state index contributed by atoms with van der Waals surface area (Å²) < 4.78 is 16.1. The van der Waals surface area contributed by atoms with Gasteiger partial charge in [0.2, 0.25) is 5.75 Å². The molecule has 0 radical (unpaired) electrons. The minimum Gasteiger partial charge on any atom is -0.493 e. The zero-order valence-electron chi connectivity index (χ0n) is 15.7. The summed E-state index contributed by atoms with van der Waals surface area (Å²) in [5.41, 5.74) is 3.58. The van der Waals surface area contributed by atoms with Crippen LogP contribution in [0.25, 0.3) is 10.8 Å². The Bertz CT molecular complexity index is 927. The number of hydrogen-bond acceptors (Lipinski definition) is 5. The molecule has 1 heterocycles. The van der Waals surface area contributed by atoms with Gasteiger partial charge >= 0.3 is 0 Å². The van der Waals surface area contributed by atoms with E-state index < -0.39 is 6.10 Å². The summed E-state index contributed by atoms with van der Waals surface area (Å²) in [5, 5.41) is 13.0. The van der Waals surface area contributed by atoms with Gasteiger partial charge in [0.25, 0.3) is 0 Å². The maximum atomic E-state index is 11.0. The lowest BCUT2D eigenvalue weighted by molar-refractivity contribution is 0.215. The smallest absolute Gasteiger partial charge is 0.203 e. The van der Waals surface area contributed by atoms with E-state index in [1.54, 1.807) is 39.7 Å². The molecular weight excluding hydrogens is 330 g/mol. The van der Waals surface area contributed by atoms with E-state index in [4.69, 9.17) is 14.2 Å². The molecule has 0 spiro atoms. The fourth-order valence-corrected chi connectivity index (χ4v) is 3.10. The third kappa shape index (κ3) is 3.06. The van der Waals surface area contributed by atoms with E-state index in [9.17, 15) is 5.11 Å². The molecular formula is C21H23NO4. The van der Waals surface area contributed by atoms with Gasteiger partial charge in [-0.1, -0.05) is 6.07 Å². The summed E-state index contributed by atoms with van der Waals surface area (Å²) in [6.45, 7) is 4.13. The number of aromatic nitrogens is 1. The van der Waals surface area contributed by atoms with Gasteiger partial charge in [0.05, 0.1) is 27.0 Å². The highest BCUT2D eigenvalue weighted by Crippen LogP contribution is 2.41. The van der Waals surface area contributed by atoms with Crippen LogP contribution in [-0.4, -0.2) is 31.4 Å². The molecule has 0 aliphatic heterocycles. The summed E-state index contributed by atoms with van der Waals surface area (Å²) in [6.07, 6.45) is 0.794. The van der Waals surface area contributed by atoms with E-state index in [1.807, 2.05) is 6.07 Å². The van der Waals surface area contributed by atoms with E-state index in [0.717, 1.165) is 16.3 Å². The van der Waals surface area contributed by atoms with E-state index in [1.165, 1.54) is 5.56 Å². The van der Waals surface area contributed by atoms with Gasteiger partial charge in [0, 0.05) is 11.6 Å². The molecule has 2 aromatic carbocycles. The number of aliphatic hydroxyl groups is 1. The first kappa shape index (κ1) is 18.0. The van der Waals surface area contributed by atoms with Gasteiger partial charge in [-0.2, -0.15) is 0 Å². The second-order valence-electron chi connectivity index (χ2n) is 6.22. The number of aryl methyl sites for hydroxylation is 2. The molecule has 1 N–H and O–H groups in total. The lowest BCUT2D eigenvalue weighted by atomic mass is 9.97. The second-order valence-corrected chi connectivity index (χ2v) is 6.22. The Morgan fingerprint density at radius 3 is 2.08 bits per heavy atom. The maximum absolute atomic E-state index is 11.0. The van der Waals surface area contributed by atoms with E-state index in [2.05, 4.69) is 31.0 Å². The Kier molecular flexibility index (Phi) is 5.00. The number of fused-ring (bicyclic) bond motifs is 1. The number of aliphatic hydroxyl groups excluding tert-OH is 1. The van der Waals surface area contributed by atoms with Crippen LogP contribution < -0.4 is 14.2 Å². The molecule has 136 valence electrons. The largest absolute Gasteiger partial charge is 0.493 e. The standard InChI is InChI=1S/C21H23NO4/c1-12-8-14-6-7-22-19(16(14)9-13(12)2)20(23)15-10-17(24-3)21(26-5)18(11-15)25-4/h6-11,20,23H,1-5H3. The van der Waals surface area contributed by atoms with Crippen molar-refractivity contribution in [3.8, 4) is 17.2 Å². The van der Waals surface area contributed by atoms with Gasteiger partial charge in [0.1, 0.15) is 6.10 Å². The van der Waals surface area contributed by atoms with Crippen molar-refractivity contribution in [1.82, 2.24) is 4.98 Å². The van der Waals surface area contributed by atoms with Crippen LogP contribution in [0.4, 0.5) is 0 Å². The van der Waals surface area contributed by atoms with Crippen LogP contribution in [0, 0.1) is 13.8 Å². The summed E-state index contributed by atoms with van der Waals surface area (Å²) in [4.78, 5) is 4.44. The molecule has 1 unspecified atom stereocenters. The fraction of sp³-hybridized carbons (Fsp3) is 0.286. The number of pyridine rings is 1. The zero-order valence-corrected chi connectivity index (χ0v) is 15.7. The molecule has 5 nitrogen and oxygen atoms in total. The first-order valence-corrected chi connectivity index (χ1v) is 8.34. The minimum atomic E-state index is -0.922. The predicted octanol–water partition coefficient (Wildman–Crippen LogP) is 3.96. The Labute approximate surface area is 153 Å². The first-order valence-electron chi connectivity index (χ1n) is 8.34. The van der Waals surface area contributed by atoms with Crippen LogP contribution in [0.1, 0.15) is 28.5 Å². The molecule has 1 aromatic heterocycles. The third-order valence-corrected chi connectivity index (χ3v) is 4.67. The minimum absolute atomic E-state index is 0.489. The van der Waals surface area contributed by atoms with Gasteiger partial charge < -0.3 is 19.3 Å². The van der Waals surface area contributed by atoms with Crippen molar-refractivity contribution in [2.75, 3.05) is 21.3 Å². The van der Waals surface area contributed by atoms with Crippen LogP contribution in [0.15, 0.2) is 36.5 Å². The molecule has 0 saturated heterocycles. The Morgan fingerprint density at radius 2 is 1.50 bits per heavy atom. The number of hydrogen-bond donors (Lipinski definition) is 1. The van der Waals surface area contributed by atoms with Crippen molar-refractivity contribution < 1.29 is 19.3 Å². The molecule has 0 aliphatic rings. The van der Waals surface area contributed by atoms with Crippen LogP contribution >= 0.6 is 0 Å². The van der Waals surface area contributed by atoms with Crippen molar-refractivity contribution >= 4 is 10.8 Å². The van der Waals surface area contributed by atoms with E-state index in [-0.39, 0.29) is 0 Å². The summed E-state index contributed by atoms with van der Waals surface area (Å²) in [7, 11) is 4.65. The van der Waals surface area contributed by atoms with Crippen molar-refractivity contribution in [3.63, 3.8) is 0 Å². The average molecular weight is 353 g/mol. The highest BCUT2D eigenvalue weighted by atomic mass is 16.5. The third-order valence-electron chi connectivity index (χ3n) is 4.67. The lowest BCUT2D eigenvalue weighted by Gasteiger charge is -2.18. The predicted molar refractivity (Wildman–Crippen MR) is 101 cm³/mol. The Balaban J connectivity index is 2.17. The molecule has 0 amide bonds. The Morgan fingerprint density at radius 1 is 0.885 bits per heavy atom. The second kappa shape index (κ2) is 7.22. The van der Waals surface area contributed by atoms with Crippen LogP contribution in [0.5, 0.6) is 17.2 Å². The maximum Gasteiger partial charge on any atom is 0.203 e. The average Bonchev–Trinajstić information content (AvgIpc) is 2.66. The molecule has 0 fully saturated rings. The van der Waals surface area contributed by atoms with E-state index >= 15 is 0 Å². The van der Waals surface area contributed by atoms with Gasteiger partial charge in [-0.25, -0.2) is 0 Å². The SMILES string of the molecule is COc1cc(C(O)c2nccc3cc(C)c(C)cc23)cc(OC)c1OC. The fourth-order valence-electron chi connectivity index (χ4n) is 3.10. The quantitative estimate of drug-likeness (QED) is 0.752. The molecule has 0 bridgehead atoms. The van der Waals surface area contributed by atoms with Crippen molar-refractivity contribution in [2.45, 2.75) is 20.0 Å². The van der Waals surface area contributed by atoms with Crippen LogP contribution in [-0.2, 0) is 0 Å². The molecule has 0 aliphatic carbocycles. The first-order chi connectivity index (χ1) is 12.5. The van der Waals surface area contributed by atoms with Crippen molar-refractivity contribution in [3.05, 3.63) is 58.9 Å². The van der Waals surface area contributed by atoms with Gasteiger partial charge in [-0.05, 0) is 60.2 Å². The molecule has 1 atom stereocenters. The summed E-state index contributed by atoms with van der Waals surface area (Å²) in [5.74, 6) is 1.48. The van der Waals surface area contributed by atoms with Crippen LogP contribution in [0.3, 0.4) is 0 Å². The highest BCUT2D eigenvalue weighted by molar-refractivity contribution is 5.86. The topological polar surface area (TPSA) is 60.8 Å². The van der Waals surface area contributed by atoms with Gasteiger partial charge in [0.15, 0.2) is 11.5 Å². The number of ether oxygens (including phenoxy) is 3. The van der Waals surface area contributed by atoms with Gasteiger partial charge in [-0.15, -0.1) is 0 Å². The van der Waals surface area contributed by atoms with Crippen molar-refractivity contribution in [2.24, 2.45) is 0 Å². The number of methoxy groups -OCH3 is 3.